The summed E-state index contributed by atoms with van der Waals surface area (Å²) >= 11 is 3.59. The Morgan fingerprint density at radius 3 is 2.63 bits per heavy atom. The van der Waals surface area contributed by atoms with Gasteiger partial charge in [0.15, 0.2) is 0 Å². The largest absolute Gasteiger partial charge is 0.320 e. The Bertz CT molecular complexity index is 634. The fourth-order valence-electron chi connectivity index (χ4n) is 3.75. The van der Waals surface area contributed by atoms with Crippen LogP contribution < -0.4 is 0 Å². The monoisotopic (exact) mass is 317 g/mol. The number of rotatable bonds is 2. The maximum Gasteiger partial charge on any atom is 0.143 e. The van der Waals surface area contributed by atoms with Gasteiger partial charge in [0.2, 0.25) is 0 Å². The summed E-state index contributed by atoms with van der Waals surface area (Å²) < 4.78 is 3.22. The van der Waals surface area contributed by atoms with Gasteiger partial charge >= 0.3 is 0 Å². The zero-order valence-corrected chi connectivity index (χ0v) is 12.5. The van der Waals surface area contributed by atoms with Crippen molar-refractivity contribution in [2.45, 2.75) is 31.1 Å². The average molecular weight is 318 g/mol. The van der Waals surface area contributed by atoms with Gasteiger partial charge in [0.25, 0.3) is 0 Å². The van der Waals surface area contributed by atoms with Gasteiger partial charge in [0.05, 0.1) is 5.41 Å². The molecule has 2 aliphatic carbocycles. The van der Waals surface area contributed by atoms with Crippen molar-refractivity contribution in [3.05, 3.63) is 46.5 Å². The smallest absolute Gasteiger partial charge is 0.143 e. The summed E-state index contributed by atoms with van der Waals surface area (Å²) in [6, 6.07) is 8.67. The maximum atomic E-state index is 4.41. The van der Waals surface area contributed by atoms with Crippen molar-refractivity contribution < 1.29 is 0 Å². The van der Waals surface area contributed by atoms with Crippen molar-refractivity contribution in [3.8, 4) is 0 Å². The third-order valence-electron chi connectivity index (χ3n) is 4.83. The third-order valence-corrected chi connectivity index (χ3v) is 5.32. The first kappa shape index (κ1) is 11.6. The van der Waals surface area contributed by atoms with Crippen molar-refractivity contribution in [2.24, 2.45) is 12.5 Å². The lowest BCUT2D eigenvalue weighted by Crippen LogP contribution is -2.45. The van der Waals surface area contributed by atoms with Crippen molar-refractivity contribution in [1.29, 1.82) is 0 Å². The van der Waals surface area contributed by atoms with E-state index in [9.17, 15) is 0 Å². The number of nitrogens with zero attached hydrogens (tertiary/aromatic N) is 3. The summed E-state index contributed by atoms with van der Waals surface area (Å²) in [6.07, 6.45) is 7.04. The van der Waals surface area contributed by atoms with Gasteiger partial charge in [-0.05, 0) is 48.8 Å². The van der Waals surface area contributed by atoms with Crippen LogP contribution in [0.5, 0.6) is 0 Å². The van der Waals surface area contributed by atoms with Gasteiger partial charge in [-0.2, -0.15) is 0 Å². The number of hydrogen-bond donors (Lipinski definition) is 0. The van der Waals surface area contributed by atoms with Crippen LogP contribution in [0.1, 0.15) is 37.1 Å². The minimum atomic E-state index is 0.0749. The molecule has 1 heterocycles. The molecule has 98 valence electrons. The number of aromatic nitrogens is 3. The minimum absolute atomic E-state index is 0.0749. The molecule has 0 unspecified atom stereocenters. The standard InChI is InChI=1S/C15H16BrN3/c1-19-10-17-18-13(19)15(8-14(9-15)5-6-14)11-3-2-4-12(16)7-11/h2-4,7,10H,5-6,8-9H2,1H3. The highest BCUT2D eigenvalue weighted by Gasteiger charge is 2.63. The number of benzene rings is 1. The summed E-state index contributed by atoms with van der Waals surface area (Å²) in [5, 5.41) is 8.49. The Morgan fingerprint density at radius 1 is 1.26 bits per heavy atom. The summed E-state index contributed by atoms with van der Waals surface area (Å²) in [5.74, 6) is 1.11. The Labute approximate surface area is 121 Å². The van der Waals surface area contributed by atoms with E-state index in [0.29, 0.717) is 5.41 Å². The van der Waals surface area contributed by atoms with Gasteiger partial charge in [-0.15, -0.1) is 10.2 Å². The third kappa shape index (κ3) is 1.62. The van der Waals surface area contributed by atoms with Gasteiger partial charge in [-0.25, -0.2) is 0 Å². The number of halogens is 1. The molecule has 0 amide bonds. The maximum absolute atomic E-state index is 4.41. The Hall–Kier alpha value is -1.16. The van der Waals surface area contributed by atoms with Crippen LogP contribution in [-0.2, 0) is 12.5 Å². The molecular formula is C15H16BrN3. The zero-order chi connectivity index (χ0) is 13.1. The van der Waals surface area contributed by atoms with E-state index in [1.807, 2.05) is 13.4 Å². The van der Waals surface area contributed by atoms with E-state index >= 15 is 0 Å². The molecule has 4 rings (SSSR count). The summed E-state index contributed by atoms with van der Waals surface area (Å²) in [6.45, 7) is 0. The van der Waals surface area contributed by atoms with E-state index in [1.54, 1.807) is 0 Å². The van der Waals surface area contributed by atoms with Gasteiger partial charge in [-0.1, -0.05) is 28.1 Å². The van der Waals surface area contributed by atoms with E-state index in [4.69, 9.17) is 0 Å². The molecule has 0 bridgehead atoms. The topological polar surface area (TPSA) is 30.7 Å². The van der Waals surface area contributed by atoms with E-state index in [-0.39, 0.29) is 5.41 Å². The average Bonchev–Trinajstić information content (AvgIpc) is 3.03. The second-order valence-corrected chi connectivity index (χ2v) is 7.13. The van der Waals surface area contributed by atoms with Crippen LogP contribution in [0.25, 0.3) is 0 Å². The molecule has 2 saturated carbocycles. The molecule has 19 heavy (non-hydrogen) atoms. The van der Waals surface area contributed by atoms with Crippen LogP contribution in [0.2, 0.25) is 0 Å². The Balaban J connectivity index is 1.84. The molecule has 3 nitrogen and oxygen atoms in total. The normalized spacial score (nSPS) is 22.2. The Morgan fingerprint density at radius 2 is 2.05 bits per heavy atom. The molecule has 0 N–H and O–H groups in total. The van der Waals surface area contributed by atoms with Crippen molar-refractivity contribution in [3.63, 3.8) is 0 Å². The lowest BCUT2D eigenvalue weighted by molar-refractivity contribution is 0.145. The lowest BCUT2D eigenvalue weighted by atomic mass is 9.56. The van der Waals surface area contributed by atoms with Crippen LogP contribution in [0.3, 0.4) is 0 Å². The molecule has 4 heteroatoms. The summed E-state index contributed by atoms with van der Waals surface area (Å²) in [7, 11) is 2.05. The molecule has 2 fully saturated rings. The molecule has 0 saturated heterocycles. The number of hydrogen-bond acceptors (Lipinski definition) is 2. The van der Waals surface area contributed by atoms with E-state index in [2.05, 4.69) is 55.0 Å². The lowest BCUT2D eigenvalue weighted by Gasteiger charge is -2.48. The molecule has 1 spiro atoms. The predicted octanol–water partition coefficient (Wildman–Crippen LogP) is 3.44. The predicted molar refractivity (Wildman–Crippen MR) is 76.8 cm³/mol. The van der Waals surface area contributed by atoms with Crippen LogP contribution in [0.4, 0.5) is 0 Å². The first-order valence-corrected chi connectivity index (χ1v) is 7.54. The molecule has 0 radical (unpaired) electrons. The minimum Gasteiger partial charge on any atom is -0.320 e. The van der Waals surface area contributed by atoms with Crippen molar-refractivity contribution in [1.82, 2.24) is 14.8 Å². The van der Waals surface area contributed by atoms with Crippen molar-refractivity contribution >= 4 is 15.9 Å². The molecule has 1 aromatic carbocycles. The highest BCUT2D eigenvalue weighted by Crippen LogP contribution is 2.70. The second kappa shape index (κ2) is 3.69. The summed E-state index contributed by atoms with van der Waals surface area (Å²) in [4.78, 5) is 0. The van der Waals surface area contributed by atoms with Crippen LogP contribution in [0.15, 0.2) is 35.1 Å². The van der Waals surface area contributed by atoms with Crippen molar-refractivity contribution in [2.75, 3.05) is 0 Å². The van der Waals surface area contributed by atoms with Crippen LogP contribution in [-0.4, -0.2) is 14.8 Å². The van der Waals surface area contributed by atoms with Gasteiger partial charge in [0, 0.05) is 11.5 Å². The van der Waals surface area contributed by atoms with Gasteiger partial charge < -0.3 is 4.57 Å². The molecule has 1 aromatic heterocycles. The first-order chi connectivity index (χ1) is 9.14. The molecule has 2 aliphatic rings. The van der Waals surface area contributed by atoms with Crippen LogP contribution in [0, 0.1) is 5.41 Å². The number of aryl methyl sites for hydroxylation is 1. The summed E-state index contributed by atoms with van der Waals surface area (Å²) in [5.41, 5.74) is 2.07. The van der Waals surface area contributed by atoms with E-state index in [0.717, 1.165) is 10.3 Å². The van der Waals surface area contributed by atoms with E-state index in [1.165, 1.54) is 31.2 Å². The highest BCUT2D eigenvalue weighted by molar-refractivity contribution is 9.10. The van der Waals surface area contributed by atoms with Crippen LogP contribution >= 0.6 is 15.9 Å². The fourth-order valence-corrected chi connectivity index (χ4v) is 4.15. The van der Waals surface area contributed by atoms with Gasteiger partial charge in [-0.3, -0.25) is 0 Å². The zero-order valence-electron chi connectivity index (χ0n) is 10.9. The van der Waals surface area contributed by atoms with Gasteiger partial charge in [0.1, 0.15) is 12.2 Å². The highest BCUT2D eigenvalue weighted by atomic mass is 79.9. The SMILES string of the molecule is Cn1cnnc1C1(c2cccc(Br)c2)CC2(CC2)C1. The fraction of sp³-hybridized carbons (Fsp3) is 0.467. The first-order valence-electron chi connectivity index (χ1n) is 6.74. The quantitative estimate of drug-likeness (QED) is 0.849. The molecular weight excluding hydrogens is 302 g/mol. The van der Waals surface area contributed by atoms with E-state index < -0.39 is 0 Å². The molecule has 2 aromatic rings. The second-order valence-electron chi connectivity index (χ2n) is 6.21. The molecule has 0 atom stereocenters. The molecule has 0 aliphatic heterocycles. The Kier molecular flexibility index (Phi) is 2.26.